The van der Waals surface area contributed by atoms with Gasteiger partial charge in [0.1, 0.15) is 13.2 Å². The predicted molar refractivity (Wildman–Crippen MR) is 260 cm³/mol. The molecule has 0 aromatic carbocycles. The number of nitrogens with one attached hydrogen (secondary N) is 1. The second kappa shape index (κ2) is 43.0. The van der Waals surface area contributed by atoms with E-state index < -0.39 is 26.6 Å². The third-order valence-corrected chi connectivity index (χ3v) is 11.3. The average molecular weight is 873 g/mol. The summed E-state index contributed by atoms with van der Waals surface area (Å²) in [6, 6.07) is -0.912. The number of nitrogens with zero attached hydrogens (tertiary/aromatic N) is 1. The van der Waals surface area contributed by atoms with Crippen LogP contribution in [0.1, 0.15) is 187 Å². The first-order valence-electron chi connectivity index (χ1n) is 24.4. The maximum absolute atomic E-state index is 12.9. The Labute approximate surface area is 376 Å². The molecule has 0 spiro atoms. The second-order valence-electron chi connectivity index (χ2n) is 17.4. The molecule has 0 aromatic heterocycles. The van der Waals surface area contributed by atoms with Crippen LogP contribution in [-0.4, -0.2) is 68.5 Å². The van der Waals surface area contributed by atoms with Crippen molar-refractivity contribution in [1.29, 1.82) is 0 Å². The van der Waals surface area contributed by atoms with Crippen LogP contribution in [0.4, 0.5) is 0 Å². The minimum atomic E-state index is -4.60. The van der Waals surface area contributed by atoms with Gasteiger partial charge in [-0.3, -0.25) is 9.36 Å². The lowest BCUT2D eigenvalue weighted by atomic mass is 10.0. The molecule has 1 amide bonds. The number of phosphoric acid groups is 1. The van der Waals surface area contributed by atoms with Crippen molar-refractivity contribution in [3.05, 3.63) is 85.1 Å². The van der Waals surface area contributed by atoms with Crippen molar-refractivity contribution in [2.24, 2.45) is 0 Å². The molecule has 0 rings (SSSR count). The molecule has 0 aliphatic rings. The Balaban J connectivity index is 4.22. The Bertz CT molecular complexity index is 1260. The number of phosphoric ester groups is 1. The van der Waals surface area contributed by atoms with Crippen LogP contribution in [0.3, 0.4) is 0 Å². The van der Waals surface area contributed by atoms with E-state index in [0.29, 0.717) is 17.4 Å². The molecular formula is C52H93N2O6P. The standard InChI is InChI=1S/C52H93N2O6P/c1-6-8-10-12-14-16-18-20-21-22-23-24-25-26-27-28-29-30-31-32-33-34-36-38-40-42-44-46-52(56)53-50(49-60-61(57,58)59-48-47-54(3,4)5)51(55)45-43-41-39-37-35-19-17-15-13-11-9-7-2/h8,10,13-16,20-21,23-24,35,37,43,45,50-51,55H,6-7,9,11-12,17-19,22,25-34,36,38-42,44,46-49H2,1-5H3,(H-,53,56,57,58)/b10-8-,15-13+,16-14-,21-20-,24-23-,37-35+,45-43+. The van der Waals surface area contributed by atoms with Crippen molar-refractivity contribution < 1.29 is 32.9 Å². The maximum atomic E-state index is 12.9. The number of amides is 1. The molecule has 3 atom stereocenters. The fourth-order valence-electron chi connectivity index (χ4n) is 6.45. The lowest BCUT2D eigenvalue weighted by Gasteiger charge is -2.29. The first-order valence-corrected chi connectivity index (χ1v) is 25.9. The number of likely N-dealkylation sites (N-methyl/N-ethyl adjacent to an activating group) is 1. The molecule has 0 fully saturated rings. The Morgan fingerprint density at radius 3 is 1.52 bits per heavy atom. The first kappa shape index (κ1) is 58.7. The van der Waals surface area contributed by atoms with Gasteiger partial charge in [0.25, 0.3) is 7.82 Å². The lowest BCUT2D eigenvalue weighted by molar-refractivity contribution is -0.870. The van der Waals surface area contributed by atoms with E-state index in [2.05, 4.69) is 92.1 Å². The molecule has 9 heteroatoms. The van der Waals surface area contributed by atoms with Crippen molar-refractivity contribution >= 4 is 13.7 Å². The van der Waals surface area contributed by atoms with Gasteiger partial charge in [-0.2, -0.15) is 0 Å². The number of carbonyl (C=O) groups excluding carboxylic acids is 1. The van der Waals surface area contributed by atoms with Crippen LogP contribution >= 0.6 is 7.82 Å². The molecular weight excluding hydrogens is 780 g/mol. The summed E-state index contributed by atoms with van der Waals surface area (Å²) in [7, 11) is 1.22. The van der Waals surface area contributed by atoms with E-state index in [4.69, 9.17) is 9.05 Å². The van der Waals surface area contributed by atoms with Crippen molar-refractivity contribution in [3.8, 4) is 0 Å². The van der Waals surface area contributed by atoms with Gasteiger partial charge >= 0.3 is 0 Å². The molecule has 3 unspecified atom stereocenters. The fourth-order valence-corrected chi connectivity index (χ4v) is 7.18. The van der Waals surface area contributed by atoms with E-state index in [9.17, 15) is 19.4 Å². The first-order chi connectivity index (χ1) is 29.5. The van der Waals surface area contributed by atoms with Gasteiger partial charge < -0.3 is 28.8 Å². The van der Waals surface area contributed by atoms with Crippen LogP contribution in [0.2, 0.25) is 0 Å². The number of aliphatic hydroxyl groups is 1. The van der Waals surface area contributed by atoms with Gasteiger partial charge in [0.05, 0.1) is 39.9 Å². The van der Waals surface area contributed by atoms with E-state index in [0.717, 1.165) is 77.0 Å². The zero-order valence-electron chi connectivity index (χ0n) is 39.8. The minimum absolute atomic E-state index is 0.0125. The number of carbonyl (C=O) groups is 1. The summed E-state index contributed by atoms with van der Waals surface area (Å²) in [5.74, 6) is -0.217. The average Bonchev–Trinajstić information content (AvgIpc) is 3.21. The van der Waals surface area contributed by atoms with Gasteiger partial charge in [-0.05, 0) is 77.0 Å². The summed E-state index contributed by atoms with van der Waals surface area (Å²) in [4.78, 5) is 25.3. The van der Waals surface area contributed by atoms with Crippen LogP contribution in [0, 0.1) is 0 Å². The monoisotopic (exact) mass is 873 g/mol. The van der Waals surface area contributed by atoms with Gasteiger partial charge in [0, 0.05) is 6.42 Å². The van der Waals surface area contributed by atoms with E-state index in [1.165, 1.54) is 89.9 Å². The molecule has 0 aliphatic carbocycles. The molecule has 0 bridgehead atoms. The molecule has 8 nitrogen and oxygen atoms in total. The van der Waals surface area contributed by atoms with Gasteiger partial charge in [-0.15, -0.1) is 0 Å². The number of hydrogen-bond donors (Lipinski definition) is 2. The van der Waals surface area contributed by atoms with E-state index in [-0.39, 0.29) is 12.5 Å². The molecule has 0 aromatic rings. The highest BCUT2D eigenvalue weighted by molar-refractivity contribution is 7.45. The molecule has 2 N–H and O–H groups in total. The second-order valence-corrected chi connectivity index (χ2v) is 18.8. The number of unbranched alkanes of at least 4 members (excludes halogenated alkanes) is 18. The van der Waals surface area contributed by atoms with Crippen LogP contribution in [0.25, 0.3) is 0 Å². The van der Waals surface area contributed by atoms with Crippen molar-refractivity contribution in [3.63, 3.8) is 0 Å². The number of allylic oxidation sites excluding steroid dienone is 13. The molecule has 0 saturated carbocycles. The SMILES string of the molecule is CC/C=C\C/C=C\C/C=C\C/C=C\CCCCCCCCCCCCCCCCC(=O)NC(COP(=O)([O-])OCC[N+](C)(C)C)C(O)/C=C/CC/C=C/CC/C=C/CCCC. The number of quaternary nitrogens is 1. The van der Waals surface area contributed by atoms with Crippen molar-refractivity contribution in [1.82, 2.24) is 5.32 Å². The van der Waals surface area contributed by atoms with Gasteiger partial charge in [0.15, 0.2) is 0 Å². The zero-order valence-corrected chi connectivity index (χ0v) is 40.7. The molecule has 0 heterocycles. The van der Waals surface area contributed by atoms with Crippen molar-refractivity contribution in [2.75, 3.05) is 40.9 Å². The third kappa shape index (κ3) is 45.5. The van der Waals surface area contributed by atoms with Crippen LogP contribution in [0.15, 0.2) is 85.1 Å². The molecule has 0 radical (unpaired) electrons. The number of hydrogen-bond acceptors (Lipinski definition) is 6. The summed E-state index contributed by atoms with van der Waals surface area (Å²) < 4.78 is 23.2. The smallest absolute Gasteiger partial charge is 0.268 e. The Hall–Kier alpha value is -2.32. The number of rotatable bonds is 43. The lowest BCUT2D eigenvalue weighted by Crippen LogP contribution is -2.45. The van der Waals surface area contributed by atoms with E-state index in [1.54, 1.807) is 6.08 Å². The number of aliphatic hydroxyl groups excluding tert-OH is 1. The van der Waals surface area contributed by atoms with Gasteiger partial charge in [0.2, 0.25) is 5.91 Å². The van der Waals surface area contributed by atoms with E-state index >= 15 is 0 Å². The predicted octanol–water partition coefficient (Wildman–Crippen LogP) is 13.5. The highest BCUT2D eigenvalue weighted by Crippen LogP contribution is 2.38. The molecule has 61 heavy (non-hydrogen) atoms. The van der Waals surface area contributed by atoms with Crippen LogP contribution in [-0.2, 0) is 18.4 Å². The zero-order chi connectivity index (χ0) is 45.0. The Kier molecular flexibility index (Phi) is 41.3. The minimum Gasteiger partial charge on any atom is -0.756 e. The Morgan fingerprint density at radius 2 is 1.02 bits per heavy atom. The van der Waals surface area contributed by atoms with Crippen LogP contribution in [0.5, 0.6) is 0 Å². The topological polar surface area (TPSA) is 108 Å². The van der Waals surface area contributed by atoms with Gasteiger partial charge in [-0.1, -0.05) is 189 Å². The Morgan fingerprint density at radius 1 is 0.590 bits per heavy atom. The largest absolute Gasteiger partial charge is 0.756 e. The van der Waals surface area contributed by atoms with Gasteiger partial charge in [-0.25, -0.2) is 0 Å². The highest BCUT2D eigenvalue weighted by Gasteiger charge is 2.23. The summed E-state index contributed by atoms with van der Waals surface area (Å²) in [5, 5.41) is 13.7. The normalized spacial score (nSPS) is 14.9. The summed E-state index contributed by atoms with van der Waals surface area (Å²) in [6.45, 7) is 4.44. The highest BCUT2D eigenvalue weighted by atomic mass is 31.2. The van der Waals surface area contributed by atoms with Crippen LogP contribution < -0.4 is 10.2 Å². The summed E-state index contributed by atoms with van der Waals surface area (Å²) in [6.07, 6.45) is 59.4. The molecule has 0 aliphatic heterocycles. The summed E-state index contributed by atoms with van der Waals surface area (Å²) >= 11 is 0. The fraction of sp³-hybridized carbons (Fsp3) is 0.712. The third-order valence-electron chi connectivity index (χ3n) is 10.3. The van der Waals surface area contributed by atoms with E-state index in [1.807, 2.05) is 27.2 Å². The molecule has 0 saturated heterocycles. The summed E-state index contributed by atoms with van der Waals surface area (Å²) in [5.41, 5.74) is 0. The molecule has 352 valence electrons. The maximum Gasteiger partial charge on any atom is 0.268 e. The van der Waals surface area contributed by atoms with Crippen molar-refractivity contribution in [2.45, 2.75) is 199 Å². The quantitative estimate of drug-likeness (QED) is 0.0273.